The van der Waals surface area contributed by atoms with E-state index in [4.69, 9.17) is 4.74 Å². The monoisotopic (exact) mass is 331 g/mol. The lowest BCUT2D eigenvalue weighted by Gasteiger charge is -2.13. The van der Waals surface area contributed by atoms with Crippen molar-refractivity contribution in [1.29, 1.82) is 0 Å². The fraction of sp³-hybridized carbons (Fsp3) is 0.267. The molecule has 0 unspecified atom stereocenters. The summed E-state index contributed by atoms with van der Waals surface area (Å²) < 4.78 is 57.2. The molecule has 0 aliphatic carbocycles. The minimum absolute atomic E-state index is 0.209. The lowest BCUT2D eigenvalue weighted by molar-refractivity contribution is -0.141. The molecule has 22 heavy (non-hydrogen) atoms. The molecule has 0 fully saturated rings. The number of hydrogen-bond acceptors (Lipinski definition) is 3. The van der Waals surface area contributed by atoms with Crippen LogP contribution in [-0.2, 0) is 6.18 Å². The van der Waals surface area contributed by atoms with E-state index in [1.165, 1.54) is 18.2 Å². The van der Waals surface area contributed by atoms with Gasteiger partial charge < -0.3 is 4.74 Å². The first-order valence-corrected chi connectivity index (χ1v) is 7.76. The van der Waals surface area contributed by atoms with E-state index in [1.807, 2.05) is 6.26 Å². The highest BCUT2D eigenvalue weighted by Crippen LogP contribution is 2.34. The Hall–Kier alpha value is -1.76. The maximum absolute atomic E-state index is 13.5. The van der Waals surface area contributed by atoms with Gasteiger partial charge in [0, 0.05) is 17.5 Å². The SMILES string of the molecule is CSCCOc1ccc(F)cc1-c1ccnc(C(F)(F)F)c1. The molecule has 0 spiro atoms. The van der Waals surface area contributed by atoms with Crippen molar-refractivity contribution in [2.75, 3.05) is 18.6 Å². The molecule has 2 rings (SSSR count). The minimum atomic E-state index is -4.55. The molecule has 0 saturated heterocycles. The Morgan fingerprint density at radius 3 is 2.64 bits per heavy atom. The van der Waals surface area contributed by atoms with Crippen LogP contribution in [0.5, 0.6) is 5.75 Å². The number of benzene rings is 1. The predicted molar refractivity (Wildman–Crippen MR) is 78.5 cm³/mol. The Balaban J connectivity index is 2.40. The number of hydrogen-bond donors (Lipinski definition) is 0. The van der Waals surface area contributed by atoms with Gasteiger partial charge in [0.2, 0.25) is 0 Å². The highest BCUT2D eigenvalue weighted by atomic mass is 32.2. The van der Waals surface area contributed by atoms with Crippen molar-refractivity contribution in [2.45, 2.75) is 6.18 Å². The van der Waals surface area contributed by atoms with E-state index < -0.39 is 17.7 Å². The molecule has 2 aromatic rings. The molecule has 1 heterocycles. The van der Waals surface area contributed by atoms with Gasteiger partial charge in [-0.25, -0.2) is 4.39 Å². The third-order valence-corrected chi connectivity index (χ3v) is 3.42. The summed E-state index contributed by atoms with van der Waals surface area (Å²) in [5.41, 5.74) is -0.542. The van der Waals surface area contributed by atoms with E-state index >= 15 is 0 Å². The average molecular weight is 331 g/mol. The molecule has 0 N–H and O–H groups in total. The quantitative estimate of drug-likeness (QED) is 0.588. The molecule has 2 nitrogen and oxygen atoms in total. The Morgan fingerprint density at radius 1 is 1.18 bits per heavy atom. The summed E-state index contributed by atoms with van der Waals surface area (Å²) >= 11 is 1.57. The maximum atomic E-state index is 13.5. The first kappa shape index (κ1) is 16.6. The normalized spacial score (nSPS) is 11.5. The number of pyridine rings is 1. The highest BCUT2D eigenvalue weighted by molar-refractivity contribution is 7.98. The summed E-state index contributed by atoms with van der Waals surface area (Å²) in [5, 5.41) is 0. The third-order valence-electron chi connectivity index (χ3n) is 2.85. The van der Waals surface area contributed by atoms with Crippen LogP contribution in [-0.4, -0.2) is 23.6 Å². The first-order valence-electron chi connectivity index (χ1n) is 6.36. The number of ether oxygens (including phenoxy) is 1. The van der Waals surface area contributed by atoms with Gasteiger partial charge in [0.1, 0.15) is 17.3 Å². The van der Waals surface area contributed by atoms with Gasteiger partial charge in [0.05, 0.1) is 6.61 Å². The van der Waals surface area contributed by atoms with Crippen LogP contribution in [0.1, 0.15) is 5.69 Å². The molecule has 0 radical (unpaired) electrons. The van der Waals surface area contributed by atoms with Gasteiger partial charge in [-0.15, -0.1) is 0 Å². The van der Waals surface area contributed by atoms with Crippen molar-refractivity contribution in [3.8, 4) is 16.9 Å². The molecule has 0 aliphatic rings. The molecule has 0 bridgehead atoms. The lowest BCUT2D eigenvalue weighted by Crippen LogP contribution is -2.08. The smallest absolute Gasteiger partial charge is 0.433 e. The molecular weight excluding hydrogens is 318 g/mol. The van der Waals surface area contributed by atoms with E-state index in [0.717, 1.165) is 24.1 Å². The fourth-order valence-electron chi connectivity index (χ4n) is 1.84. The standard InChI is InChI=1S/C15H13F4NOS/c1-22-7-6-21-13-3-2-11(16)9-12(13)10-4-5-20-14(8-10)15(17,18)19/h2-5,8-9H,6-7H2,1H3. The maximum Gasteiger partial charge on any atom is 0.433 e. The van der Waals surface area contributed by atoms with Crippen LogP contribution in [0.3, 0.4) is 0 Å². The van der Waals surface area contributed by atoms with Gasteiger partial charge in [0.25, 0.3) is 0 Å². The molecule has 0 atom stereocenters. The zero-order chi connectivity index (χ0) is 16.2. The van der Waals surface area contributed by atoms with Crippen LogP contribution in [0.15, 0.2) is 36.5 Å². The van der Waals surface area contributed by atoms with Crippen molar-refractivity contribution in [3.63, 3.8) is 0 Å². The van der Waals surface area contributed by atoms with Gasteiger partial charge in [-0.1, -0.05) is 0 Å². The Bertz CT molecular complexity index is 646. The topological polar surface area (TPSA) is 22.1 Å². The summed E-state index contributed by atoms with van der Waals surface area (Å²) in [5.74, 6) is 0.522. The van der Waals surface area contributed by atoms with Crippen LogP contribution in [0.4, 0.5) is 17.6 Å². The molecule has 0 saturated carbocycles. The zero-order valence-electron chi connectivity index (χ0n) is 11.7. The van der Waals surface area contributed by atoms with Crippen LogP contribution in [0, 0.1) is 5.82 Å². The molecule has 118 valence electrons. The summed E-state index contributed by atoms with van der Waals surface area (Å²) in [6, 6.07) is 6.06. The van der Waals surface area contributed by atoms with Crippen molar-refractivity contribution < 1.29 is 22.3 Å². The van der Waals surface area contributed by atoms with Crippen molar-refractivity contribution in [3.05, 3.63) is 48.0 Å². The summed E-state index contributed by atoms with van der Waals surface area (Å²) in [6.07, 6.45) is -1.59. The average Bonchev–Trinajstić information content (AvgIpc) is 2.48. The van der Waals surface area contributed by atoms with Crippen LogP contribution < -0.4 is 4.74 Å². The number of aromatic nitrogens is 1. The second-order valence-corrected chi connectivity index (χ2v) is 5.39. The van der Waals surface area contributed by atoms with Crippen LogP contribution in [0.25, 0.3) is 11.1 Å². The number of alkyl halides is 3. The minimum Gasteiger partial charge on any atom is -0.492 e. The number of rotatable bonds is 5. The van der Waals surface area contributed by atoms with E-state index in [1.54, 1.807) is 11.8 Å². The number of nitrogens with zero attached hydrogens (tertiary/aromatic N) is 1. The highest BCUT2D eigenvalue weighted by Gasteiger charge is 2.32. The lowest BCUT2D eigenvalue weighted by atomic mass is 10.0. The Kier molecular flexibility index (Phi) is 5.28. The van der Waals surface area contributed by atoms with E-state index in [2.05, 4.69) is 4.98 Å². The van der Waals surface area contributed by atoms with Gasteiger partial charge in [-0.3, -0.25) is 4.98 Å². The molecular formula is C15H13F4NOS. The Morgan fingerprint density at radius 2 is 1.95 bits per heavy atom. The van der Waals surface area contributed by atoms with Crippen LogP contribution >= 0.6 is 11.8 Å². The molecule has 7 heteroatoms. The van der Waals surface area contributed by atoms with Gasteiger partial charge in [0.15, 0.2) is 0 Å². The third kappa shape index (κ3) is 4.13. The summed E-state index contributed by atoms with van der Waals surface area (Å²) in [4.78, 5) is 3.30. The number of thioether (sulfide) groups is 1. The summed E-state index contributed by atoms with van der Waals surface area (Å²) in [6.45, 7) is 0.386. The van der Waals surface area contributed by atoms with Gasteiger partial charge in [-0.2, -0.15) is 24.9 Å². The van der Waals surface area contributed by atoms with Crippen molar-refractivity contribution in [1.82, 2.24) is 4.98 Å². The summed E-state index contributed by atoms with van der Waals surface area (Å²) in [7, 11) is 0. The second-order valence-electron chi connectivity index (χ2n) is 4.41. The molecule has 0 amide bonds. The molecule has 1 aromatic heterocycles. The van der Waals surface area contributed by atoms with Gasteiger partial charge >= 0.3 is 6.18 Å². The zero-order valence-corrected chi connectivity index (χ0v) is 12.5. The first-order chi connectivity index (χ1) is 10.4. The Labute approximate surface area is 129 Å². The molecule has 0 aliphatic heterocycles. The van der Waals surface area contributed by atoms with E-state index in [0.29, 0.717) is 12.4 Å². The fourth-order valence-corrected chi connectivity index (χ4v) is 2.09. The van der Waals surface area contributed by atoms with Crippen LogP contribution in [0.2, 0.25) is 0 Å². The van der Waals surface area contributed by atoms with E-state index in [-0.39, 0.29) is 11.1 Å². The van der Waals surface area contributed by atoms with E-state index in [9.17, 15) is 17.6 Å². The van der Waals surface area contributed by atoms with Gasteiger partial charge in [-0.05, 0) is 42.2 Å². The second kappa shape index (κ2) is 7.00. The van der Waals surface area contributed by atoms with Crippen molar-refractivity contribution >= 4 is 11.8 Å². The predicted octanol–water partition coefficient (Wildman–Crippen LogP) is 4.65. The number of halogens is 4. The largest absolute Gasteiger partial charge is 0.492 e. The molecule has 1 aromatic carbocycles. The van der Waals surface area contributed by atoms with Crippen molar-refractivity contribution in [2.24, 2.45) is 0 Å².